The lowest BCUT2D eigenvalue weighted by atomic mass is 9.83. The first-order chi connectivity index (χ1) is 12.5. The van der Waals surface area contributed by atoms with Gasteiger partial charge in [0.2, 0.25) is 0 Å². The molecule has 7 nitrogen and oxygen atoms in total. The number of hydrogen-bond acceptors (Lipinski definition) is 4. The first-order valence-corrected chi connectivity index (χ1v) is 10.2. The Bertz CT molecular complexity index is 461. The lowest BCUT2D eigenvalue weighted by molar-refractivity contribution is 0.0963. The number of piperidine rings is 1. The number of rotatable bonds is 6. The molecule has 3 N–H and O–H groups in total. The van der Waals surface area contributed by atoms with Crippen LogP contribution in [-0.4, -0.2) is 74.3 Å². The van der Waals surface area contributed by atoms with Crippen LogP contribution in [-0.2, 0) is 4.74 Å². The molecule has 27 heavy (non-hydrogen) atoms. The van der Waals surface area contributed by atoms with E-state index >= 15 is 0 Å². The maximum atomic E-state index is 11.7. The van der Waals surface area contributed by atoms with Gasteiger partial charge >= 0.3 is 6.09 Å². The Labute approximate surface area is 181 Å². The van der Waals surface area contributed by atoms with Crippen molar-refractivity contribution < 1.29 is 9.53 Å². The Hall–Kier alpha value is -0.770. The van der Waals surface area contributed by atoms with Crippen molar-refractivity contribution in [3.8, 4) is 0 Å². The van der Waals surface area contributed by atoms with E-state index in [0.717, 1.165) is 25.3 Å². The van der Waals surface area contributed by atoms with Gasteiger partial charge in [0.15, 0.2) is 5.96 Å². The molecule has 0 aromatic carbocycles. The first-order valence-electron chi connectivity index (χ1n) is 10.2. The lowest BCUT2D eigenvalue weighted by Crippen LogP contribution is -2.49. The van der Waals surface area contributed by atoms with Crippen molar-refractivity contribution >= 4 is 36.0 Å². The number of nitrogens with zero attached hydrogens (tertiary/aromatic N) is 3. The second-order valence-electron chi connectivity index (χ2n) is 7.76. The number of carbonyl (C=O) groups is 1. The van der Waals surface area contributed by atoms with Crippen LogP contribution in [0.15, 0.2) is 4.99 Å². The smallest absolute Gasteiger partial charge is 0.409 e. The average Bonchev–Trinajstić information content (AvgIpc) is 2.63. The predicted octanol–water partition coefficient (Wildman–Crippen LogP) is 2.64. The zero-order chi connectivity index (χ0) is 18.9. The summed E-state index contributed by atoms with van der Waals surface area (Å²) in [6.07, 6.45) is 8.18. The lowest BCUT2D eigenvalue weighted by Gasteiger charge is -2.34. The van der Waals surface area contributed by atoms with Gasteiger partial charge < -0.3 is 25.6 Å². The molecule has 1 saturated heterocycles. The standard InChI is InChI=1S/C19H37N5O2.HI/c1-4-26-19(25)24-12-10-16(11-13-24)22-18(20)21-14-17(23(2)3)15-8-6-5-7-9-15;/h15-17H,4-14H2,1-3H3,(H3,20,21,22);1H. The zero-order valence-corrected chi connectivity index (χ0v) is 19.5. The number of guanidine groups is 1. The molecule has 1 heterocycles. The highest BCUT2D eigenvalue weighted by molar-refractivity contribution is 14.0. The fourth-order valence-electron chi connectivity index (χ4n) is 4.12. The summed E-state index contributed by atoms with van der Waals surface area (Å²) in [6, 6.07) is 0.734. The van der Waals surface area contributed by atoms with Gasteiger partial charge in [-0.25, -0.2) is 4.79 Å². The molecule has 1 amide bonds. The molecule has 0 aromatic heterocycles. The van der Waals surface area contributed by atoms with E-state index in [1.54, 1.807) is 4.90 Å². The quantitative estimate of drug-likeness (QED) is 0.337. The van der Waals surface area contributed by atoms with Crippen molar-refractivity contribution in [1.29, 1.82) is 0 Å². The molecular weight excluding hydrogens is 457 g/mol. The molecule has 1 unspecified atom stereocenters. The Morgan fingerprint density at radius 2 is 1.85 bits per heavy atom. The fraction of sp³-hybridized carbons (Fsp3) is 0.895. The van der Waals surface area contributed by atoms with Crippen molar-refractivity contribution in [2.75, 3.05) is 40.3 Å². The summed E-state index contributed by atoms with van der Waals surface area (Å²) in [6.45, 7) is 4.40. The van der Waals surface area contributed by atoms with E-state index in [1.807, 2.05) is 6.92 Å². The minimum atomic E-state index is -0.214. The Morgan fingerprint density at radius 1 is 1.22 bits per heavy atom. The van der Waals surface area contributed by atoms with Gasteiger partial charge in [-0.3, -0.25) is 4.99 Å². The van der Waals surface area contributed by atoms with E-state index in [0.29, 0.717) is 31.7 Å². The second kappa shape index (κ2) is 12.6. The van der Waals surface area contributed by atoms with Crippen molar-refractivity contribution in [2.24, 2.45) is 16.6 Å². The molecule has 0 bridgehead atoms. The number of hydrogen-bond donors (Lipinski definition) is 2. The molecular formula is C19H38IN5O2. The van der Waals surface area contributed by atoms with Gasteiger partial charge in [0.05, 0.1) is 13.2 Å². The Balaban J connectivity index is 0.00000364. The van der Waals surface area contributed by atoms with Gasteiger partial charge in [-0.1, -0.05) is 19.3 Å². The molecule has 2 rings (SSSR count). The van der Waals surface area contributed by atoms with E-state index in [9.17, 15) is 4.79 Å². The van der Waals surface area contributed by atoms with Crippen molar-refractivity contribution in [2.45, 2.75) is 64.0 Å². The zero-order valence-electron chi connectivity index (χ0n) is 17.2. The monoisotopic (exact) mass is 495 g/mol. The number of likely N-dealkylation sites (N-methyl/N-ethyl adjacent to an activating group) is 1. The Kier molecular flexibility index (Phi) is 11.4. The molecule has 158 valence electrons. The third-order valence-electron chi connectivity index (χ3n) is 5.68. The van der Waals surface area contributed by atoms with Gasteiger partial charge in [-0.2, -0.15) is 0 Å². The summed E-state index contributed by atoms with van der Waals surface area (Å²) >= 11 is 0. The normalized spacial score (nSPS) is 20.9. The molecule has 1 atom stereocenters. The van der Waals surface area contributed by atoms with E-state index in [4.69, 9.17) is 10.5 Å². The van der Waals surface area contributed by atoms with Crippen LogP contribution in [0.1, 0.15) is 51.9 Å². The second-order valence-corrected chi connectivity index (χ2v) is 7.76. The van der Waals surface area contributed by atoms with Crippen LogP contribution in [0.3, 0.4) is 0 Å². The van der Waals surface area contributed by atoms with Crippen LogP contribution in [0, 0.1) is 5.92 Å². The summed E-state index contributed by atoms with van der Waals surface area (Å²) in [5, 5.41) is 3.34. The van der Waals surface area contributed by atoms with Crippen LogP contribution < -0.4 is 11.1 Å². The molecule has 2 fully saturated rings. The van der Waals surface area contributed by atoms with Crippen LogP contribution >= 0.6 is 24.0 Å². The third kappa shape index (κ3) is 8.01. The van der Waals surface area contributed by atoms with E-state index in [1.165, 1.54) is 32.1 Å². The van der Waals surface area contributed by atoms with Crippen molar-refractivity contribution in [3.05, 3.63) is 0 Å². The summed E-state index contributed by atoms with van der Waals surface area (Å²) in [5.74, 6) is 1.25. The number of halogens is 1. The maximum absolute atomic E-state index is 11.7. The van der Waals surface area contributed by atoms with E-state index in [-0.39, 0.29) is 36.1 Å². The molecule has 1 aliphatic heterocycles. The van der Waals surface area contributed by atoms with E-state index < -0.39 is 0 Å². The molecule has 8 heteroatoms. The van der Waals surface area contributed by atoms with Crippen LogP contribution in [0.5, 0.6) is 0 Å². The number of aliphatic imine (C=N–C) groups is 1. The molecule has 0 spiro atoms. The van der Waals surface area contributed by atoms with Crippen LogP contribution in [0.4, 0.5) is 4.79 Å². The number of carbonyl (C=O) groups excluding carboxylic acids is 1. The minimum Gasteiger partial charge on any atom is -0.450 e. The number of likely N-dealkylation sites (tertiary alicyclic amines) is 1. The number of amides is 1. The summed E-state index contributed by atoms with van der Waals surface area (Å²) in [4.78, 5) is 20.4. The molecule has 0 aromatic rings. The number of ether oxygens (including phenoxy) is 1. The van der Waals surface area contributed by atoms with E-state index in [2.05, 4.69) is 29.3 Å². The predicted molar refractivity (Wildman–Crippen MR) is 121 cm³/mol. The number of nitrogens with two attached hydrogens (primary N) is 1. The van der Waals surface area contributed by atoms with Gasteiger partial charge in [0, 0.05) is 25.2 Å². The van der Waals surface area contributed by atoms with Crippen LogP contribution in [0.2, 0.25) is 0 Å². The first kappa shape index (κ1) is 24.3. The number of nitrogens with one attached hydrogen (secondary N) is 1. The molecule has 0 radical (unpaired) electrons. The summed E-state index contributed by atoms with van der Waals surface area (Å²) in [7, 11) is 4.28. The molecule has 2 aliphatic rings. The summed E-state index contributed by atoms with van der Waals surface area (Å²) < 4.78 is 5.06. The van der Waals surface area contributed by atoms with Crippen molar-refractivity contribution in [1.82, 2.24) is 15.1 Å². The van der Waals surface area contributed by atoms with Gasteiger partial charge in [0.1, 0.15) is 0 Å². The largest absolute Gasteiger partial charge is 0.450 e. The maximum Gasteiger partial charge on any atom is 0.409 e. The average molecular weight is 495 g/mol. The SMILES string of the molecule is CCOC(=O)N1CCC(NC(N)=NCC(C2CCCCC2)N(C)C)CC1.I. The van der Waals surface area contributed by atoms with Crippen LogP contribution in [0.25, 0.3) is 0 Å². The molecule has 1 aliphatic carbocycles. The highest BCUT2D eigenvalue weighted by atomic mass is 127. The van der Waals surface area contributed by atoms with Gasteiger partial charge in [-0.15, -0.1) is 24.0 Å². The topological polar surface area (TPSA) is 83.2 Å². The fourth-order valence-corrected chi connectivity index (χ4v) is 4.12. The minimum absolute atomic E-state index is 0. The molecule has 1 saturated carbocycles. The van der Waals surface area contributed by atoms with Gasteiger partial charge in [-0.05, 0) is 52.6 Å². The van der Waals surface area contributed by atoms with Gasteiger partial charge in [0.25, 0.3) is 0 Å². The van der Waals surface area contributed by atoms with Crippen molar-refractivity contribution in [3.63, 3.8) is 0 Å². The third-order valence-corrected chi connectivity index (χ3v) is 5.68. The Morgan fingerprint density at radius 3 is 2.41 bits per heavy atom. The highest BCUT2D eigenvalue weighted by Gasteiger charge is 2.26. The summed E-state index contributed by atoms with van der Waals surface area (Å²) in [5.41, 5.74) is 6.14. The highest BCUT2D eigenvalue weighted by Crippen LogP contribution is 2.28.